The van der Waals surface area contributed by atoms with Crippen LogP contribution in [0.4, 0.5) is 0 Å². The monoisotopic (exact) mass is 822 g/mol. The van der Waals surface area contributed by atoms with Crippen molar-refractivity contribution < 1.29 is 4.42 Å². The van der Waals surface area contributed by atoms with Gasteiger partial charge in [0, 0.05) is 69.5 Å². The molecule has 0 spiro atoms. The number of hydrogen-bond donors (Lipinski definition) is 0. The molecule has 0 atom stereocenters. The molecule has 0 saturated carbocycles. The lowest BCUT2D eigenvalue weighted by Gasteiger charge is -2.15. The molecule has 9 aromatic carbocycles. The van der Waals surface area contributed by atoms with Crippen LogP contribution in [0.5, 0.6) is 0 Å². The SMILES string of the molecule is c1ccc(-c2nc(-c3ccccc3)nc(-c3cccc4oc5ccc(-c6ccc7c(c6)c6ccccc6n7-c6ccccc6-c6cccc7c6sc6ccccc67)cc5c34)n2)cc1. The van der Waals surface area contributed by atoms with Crippen LogP contribution in [0.1, 0.15) is 0 Å². The minimum absolute atomic E-state index is 0.597. The van der Waals surface area contributed by atoms with Gasteiger partial charge in [0.25, 0.3) is 0 Å². The zero-order valence-corrected chi connectivity index (χ0v) is 34.6. The Bertz CT molecular complexity index is 3860. The summed E-state index contributed by atoms with van der Waals surface area (Å²) in [4.78, 5) is 15.1. The molecule has 0 radical (unpaired) electrons. The molecule has 0 unspecified atom stereocenters. The van der Waals surface area contributed by atoms with Gasteiger partial charge in [-0.05, 0) is 59.7 Å². The Hall–Kier alpha value is -8.19. The van der Waals surface area contributed by atoms with Gasteiger partial charge in [-0.1, -0.05) is 158 Å². The summed E-state index contributed by atoms with van der Waals surface area (Å²) in [6.45, 7) is 0. The van der Waals surface area contributed by atoms with Gasteiger partial charge in [-0.3, -0.25) is 0 Å². The molecule has 5 nitrogen and oxygen atoms in total. The molecule has 4 aromatic heterocycles. The Balaban J connectivity index is 0.971. The van der Waals surface area contributed by atoms with E-state index in [1.807, 2.05) is 84.1 Å². The van der Waals surface area contributed by atoms with Crippen LogP contribution >= 0.6 is 11.3 Å². The first-order chi connectivity index (χ1) is 31.2. The second-order valence-electron chi connectivity index (χ2n) is 15.9. The molecule has 0 aliphatic rings. The lowest BCUT2D eigenvalue weighted by atomic mass is 9.99. The van der Waals surface area contributed by atoms with Gasteiger partial charge in [0.2, 0.25) is 0 Å². The van der Waals surface area contributed by atoms with E-state index in [-0.39, 0.29) is 0 Å². The van der Waals surface area contributed by atoms with Gasteiger partial charge < -0.3 is 8.98 Å². The summed E-state index contributed by atoms with van der Waals surface area (Å²) >= 11 is 1.87. The maximum atomic E-state index is 6.53. The molecular weight excluding hydrogens is 789 g/mol. The molecule has 0 aliphatic carbocycles. The molecule has 0 amide bonds. The fourth-order valence-electron chi connectivity index (χ4n) is 9.39. The van der Waals surface area contributed by atoms with E-state index in [2.05, 4.69) is 138 Å². The number of thiophene rings is 1. The van der Waals surface area contributed by atoms with Crippen LogP contribution in [0.2, 0.25) is 0 Å². The van der Waals surface area contributed by atoms with Gasteiger partial charge in [0.15, 0.2) is 17.5 Å². The van der Waals surface area contributed by atoms with Crippen LogP contribution in [0.25, 0.3) is 126 Å². The average Bonchev–Trinajstić information content (AvgIpc) is 4.04. The minimum atomic E-state index is 0.597. The van der Waals surface area contributed by atoms with Crippen molar-refractivity contribution in [2.24, 2.45) is 0 Å². The minimum Gasteiger partial charge on any atom is -0.456 e. The van der Waals surface area contributed by atoms with E-state index in [4.69, 9.17) is 19.4 Å². The lowest BCUT2D eigenvalue weighted by Crippen LogP contribution is -2.00. The standard InChI is InChI=1S/C57H34N4OS/c1-3-15-35(16-4-1)55-58-56(36-17-5-2-6-18-36)60-57(59-55)44-24-14-27-51-53(44)46-34-38(30-32-50(46)62-51)37-29-31-49-45(33-37)40-20-8-11-26-48(40)61(49)47-25-10-7-19-39(47)42-22-13-23-43-41-21-9-12-28-52(41)63-54(42)43/h1-34H. The molecule has 0 N–H and O–H groups in total. The predicted molar refractivity (Wildman–Crippen MR) is 262 cm³/mol. The number of aromatic nitrogens is 4. The second-order valence-corrected chi connectivity index (χ2v) is 17.0. The molecule has 6 heteroatoms. The molecule has 0 aliphatic heterocycles. The number of hydrogen-bond acceptors (Lipinski definition) is 5. The third kappa shape index (κ3) is 5.73. The van der Waals surface area contributed by atoms with Crippen molar-refractivity contribution in [3.63, 3.8) is 0 Å². The van der Waals surface area contributed by atoms with E-state index in [0.717, 1.165) is 61.0 Å². The van der Waals surface area contributed by atoms with Crippen molar-refractivity contribution in [2.75, 3.05) is 0 Å². The van der Waals surface area contributed by atoms with Crippen LogP contribution < -0.4 is 0 Å². The van der Waals surface area contributed by atoms with Gasteiger partial charge in [-0.15, -0.1) is 11.3 Å². The Morgan fingerprint density at radius 3 is 1.76 bits per heavy atom. The molecule has 0 saturated heterocycles. The van der Waals surface area contributed by atoms with Crippen molar-refractivity contribution >= 4 is 75.3 Å². The van der Waals surface area contributed by atoms with Crippen LogP contribution in [0.3, 0.4) is 0 Å². The Morgan fingerprint density at radius 1 is 0.365 bits per heavy atom. The molecule has 63 heavy (non-hydrogen) atoms. The number of rotatable bonds is 6. The maximum Gasteiger partial charge on any atom is 0.164 e. The van der Waals surface area contributed by atoms with E-state index in [0.29, 0.717) is 17.5 Å². The molecule has 13 rings (SSSR count). The summed E-state index contributed by atoms with van der Waals surface area (Å²) in [5.41, 5.74) is 12.5. The van der Waals surface area contributed by atoms with E-state index in [1.54, 1.807) is 0 Å². The fourth-order valence-corrected chi connectivity index (χ4v) is 10.6. The first kappa shape index (κ1) is 35.6. The third-order valence-corrected chi connectivity index (χ3v) is 13.5. The van der Waals surface area contributed by atoms with Crippen molar-refractivity contribution in [1.82, 2.24) is 19.5 Å². The van der Waals surface area contributed by atoms with Crippen LogP contribution in [-0.4, -0.2) is 19.5 Å². The van der Waals surface area contributed by atoms with Crippen molar-refractivity contribution in [1.29, 1.82) is 0 Å². The van der Waals surface area contributed by atoms with Gasteiger partial charge >= 0.3 is 0 Å². The Morgan fingerprint density at radius 2 is 0.952 bits per heavy atom. The number of fused-ring (bicyclic) bond motifs is 9. The zero-order chi connectivity index (χ0) is 41.4. The largest absolute Gasteiger partial charge is 0.456 e. The number of para-hydroxylation sites is 2. The summed E-state index contributed by atoms with van der Waals surface area (Å²) in [5, 5.41) is 6.99. The van der Waals surface area contributed by atoms with Gasteiger partial charge in [-0.2, -0.15) is 0 Å². The highest BCUT2D eigenvalue weighted by Crippen LogP contribution is 2.44. The molecule has 0 fully saturated rings. The highest BCUT2D eigenvalue weighted by Gasteiger charge is 2.21. The molecule has 0 bridgehead atoms. The van der Waals surface area contributed by atoms with E-state index in [1.165, 1.54) is 47.6 Å². The van der Waals surface area contributed by atoms with Crippen molar-refractivity contribution in [3.8, 4) is 62.1 Å². The van der Waals surface area contributed by atoms with Crippen LogP contribution in [0.15, 0.2) is 211 Å². The summed E-state index contributed by atoms with van der Waals surface area (Å²) in [6.07, 6.45) is 0. The highest BCUT2D eigenvalue weighted by molar-refractivity contribution is 7.26. The normalized spacial score (nSPS) is 11.8. The van der Waals surface area contributed by atoms with Crippen LogP contribution in [-0.2, 0) is 0 Å². The van der Waals surface area contributed by atoms with Gasteiger partial charge in [0.05, 0.1) is 16.7 Å². The highest BCUT2D eigenvalue weighted by atomic mass is 32.1. The average molecular weight is 823 g/mol. The molecule has 294 valence electrons. The maximum absolute atomic E-state index is 6.53. The number of nitrogens with zero attached hydrogens (tertiary/aromatic N) is 4. The summed E-state index contributed by atoms with van der Waals surface area (Å²) in [7, 11) is 0. The zero-order valence-electron chi connectivity index (χ0n) is 33.7. The smallest absolute Gasteiger partial charge is 0.164 e. The molecule has 13 aromatic rings. The van der Waals surface area contributed by atoms with E-state index in [9.17, 15) is 0 Å². The molecule has 4 heterocycles. The van der Waals surface area contributed by atoms with Crippen molar-refractivity contribution in [3.05, 3.63) is 206 Å². The summed E-state index contributed by atoms with van der Waals surface area (Å²) in [6, 6.07) is 72.7. The number of furan rings is 1. The van der Waals surface area contributed by atoms with Gasteiger partial charge in [-0.25, -0.2) is 15.0 Å². The topological polar surface area (TPSA) is 56.7 Å². The van der Waals surface area contributed by atoms with E-state index >= 15 is 0 Å². The van der Waals surface area contributed by atoms with Crippen LogP contribution in [0, 0.1) is 0 Å². The third-order valence-electron chi connectivity index (χ3n) is 12.3. The van der Waals surface area contributed by atoms with Crippen molar-refractivity contribution in [2.45, 2.75) is 0 Å². The summed E-state index contributed by atoms with van der Waals surface area (Å²) < 4.78 is 11.6. The Labute approximate surface area is 365 Å². The first-order valence-electron chi connectivity index (χ1n) is 21.1. The number of benzene rings is 9. The van der Waals surface area contributed by atoms with E-state index < -0.39 is 0 Å². The summed E-state index contributed by atoms with van der Waals surface area (Å²) in [5.74, 6) is 1.84. The first-order valence-corrected chi connectivity index (χ1v) is 21.9. The predicted octanol–water partition coefficient (Wildman–Crippen LogP) is 15.6. The second kappa shape index (κ2) is 14.2. The fraction of sp³-hybridized carbons (Fsp3) is 0. The Kier molecular flexibility index (Phi) is 8.01. The quantitative estimate of drug-likeness (QED) is 0.168. The lowest BCUT2D eigenvalue weighted by molar-refractivity contribution is 0.669. The van der Waals surface area contributed by atoms with Gasteiger partial charge in [0.1, 0.15) is 11.2 Å². The molecular formula is C57H34N4OS.